The number of nitrogens with zero attached hydrogens (tertiary/aromatic N) is 4. The van der Waals surface area contributed by atoms with Crippen LogP contribution in [0.5, 0.6) is 0 Å². The first-order valence-corrected chi connectivity index (χ1v) is 6.99. The Hall–Kier alpha value is -1.07. The van der Waals surface area contributed by atoms with Gasteiger partial charge in [-0.15, -0.1) is 0 Å². The van der Waals surface area contributed by atoms with Crippen molar-refractivity contribution >= 4 is 5.82 Å². The third-order valence-electron chi connectivity index (χ3n) is 4.34. The summed E-state index contributed by atoms with van der Waals surface area (Å²) in [7, 11) is 0. The van der Waals surface area contributed by atoms with Crippen molar-refractivity contribution in [1.29, 1.82) is 0 Å². The third-order valence-corrected chi connectivity index (χ3v) is 4.34. The highest BCUT2D eigenvalue weighted by molar-refractivity contribution is 5.23. The summed E-state index contributed by atoms with van der Waals surface area (Å²) in [6.45, 7) is 8.11. The first-order valence-electron chi connectivity index (χ1n) is 6.99. The van der Waals surface area contributed by atoms with Gasteiger partial charge in [0.1, 0.15) is 5.82 Å². The van der Waals surface area contributed by atoms with Crippen LogP contribution >= 0.6 is 0 Å². The van der Waals surface area contributed by atoms with Crippen molar-refractivity contribution in [1.82, 2.24) is 19.6 Å². The number of piperazine rings is 1. The van der Waals surface area contributed by atoms with Crippen molar-refractivity contribution in [2.45, 2.75) is 38.4 Å². The summed E-state index contributed by atoms with van der Waals surface area (Å²) in [5.41, 5.74) is 5.63. The number of fused-ring (bicyclic) bond motifs is 1. The van der Waals surface area contributed by atoms with Gasteiger partial charge in [0.15, 0.2) is 0 Å². The van der Waals surface area contributed by atoms with Crippen molar-refractivity contribution in [3.63, 3.8) is 0 Å². The number of nitrogen functional groups attached to an aromatic ring is 1. The molecule has 2 atom stereocenters. The van der Waals surface area contributed by atoms with Gasteiger partial charge < -0.3 is 5.73 Å². The molecule has 2 N–H and O–H groups in total. The van der Waals surface area contributed by atoms with Gasteiger partial charge in [0, 0.05) is 37.9 Å². The molecule has 100 valence electrons. The molecule has 1 aromatic rings. The largest absolute Gasteiger partial charge is 0.382 e. The summed E-state index contributed by atoms with van der Waals surface area (Å²) >= 11 is 0. The first kappa shape index (κ1) is 12.0. The molecule has 18 heavy (non-hydrogen) atoms. The van der Waals surface area contributed by atoms with Gasteiger partial charge in [0.05, 0.1) is 6.54 Å². The van der Waals surface area contributed by atoms with Crippen LogP contribution in [-0.4, -0.2) is 57.8 Å². The lowest BCUT2D eigenvalue weighted by molar-refractivity contribution is 0.0564. The van der Waals surface area contributed by atoms with Crippen molar-refractivity contribution < 1.29 is 0 Å². The van der Waals surface area contributed by atoms with E-state index < -0.39 is 0 Å². The summed E-state index contributed by atoms with van der Waals surface area (Å²) in [6, 6.07) is 3.31. The van der Waals surface area contributed by atoms with E-state index in [0.29, 0.717) is 11.9 Å². The van der Waals surface area contributed by atoms with Crippen LogP contribution in [0.25, 0.3) is 0 Å². The van der Waals surface area contributed by atoms with Crippen molar-refractivity contribution in [2.24, 2.45) is 0 Å². The van der Waals surface area contributed by atoms with Crippen LogP contribution in [0.4, 0.5) is 5.82 Å². The molecular weight excluding hydrogens is 226 g/mol. The van der Waals surface area contributed by atoms with Crippen LogP contribution in [0.1, 0.15) is 19.8 Å². The lowest BCUT2D eigenvalue weighted by Gasteiger charge is -2.42. The fourth-order valence-corrected chi connectivity index (χ4v) is 3.29. The third kappa shape index (κ3) is 2.37. The summed E-state index contributed by atoms with van der Waals surface area (Å²) in [4.78, 5) is 5.26. The van der Waals surface area contributed by atoms with Gasteiger partial charge in [-0.1, -0.05) is 0 Å². The van der Waals surface area contributed by atoms with E-state index in [2.05, 4.69) is 21.8 Å². The van der Waals surface area contributed by atoms with Gasteiger partial charge >= 0.3 is 0 Å². The number of aromatic nitrogens is 2. The normalized spacial score (nSPS) is 29.6. The second-order valence-electron chi connectivity index (χ2n) is 5.64. The van der Waals surface area contributed by atoms with Crippen LogP contribution in [0.15, 0.2) is 12.3 Å². The molecule has 0 spiro atoms. The van der Waals surface area contributed by atoms with Crippen LogP contribution in [0.2, 0.25) is 0 Å². The van der Waals surface area contributed by atoms with Gasteiger partial charge in [0.25, 0.3) is 0 Å². The quantitative estimate of drug-likeness (QED) is 0.854. The second-order valence-corrected chi connectivity index (χ2v) is 5.64. The van der Waals surface area contributed by atoms with Crippen LogP contribution < -0.4 is 5.73 Å². The maximum absolute atomic E-state index is 5.63. The highest BCUT2D eigenvalue weighted by Gasteiger charge is 2.33. The van der Waals surface area contributed by atoms with E-state index >= 15 is 0 Å². The van der Waals surface area contributed by atoms with Gasteiger partial charge in [-0.05, 0) is 32.4 Å². The smallest absolute Gasteiger partial charge is 0.145 e. The topological polar surface area (TPSA) is 50.3 Å². The number of rotatable bonds is 3. The molecule has 5 nitrogen and oxygen atoms in total. The number of hydrogen-bond acceptors (Lipinski definition) is 4. The van der Waals surface area contributed by atoms with Crippen molar-refractivity contribution in [2.75, 3.05) is 31.9 Å². The van der Waals surface area contributed by atoms with E-state index in [1.165, 1.54) is 32.5 Å². The van der Waals surface area contributed by atoms with E-state index in [4.69, 9.17) is 5.73 Å². The molecule has 0 bridgehead atoms. The van der Waals surface area contributed by atoms with Gasteiger partial charge in [-0.3, -0.25) is 14.5 Å². The Morgan fingerprint density at radius 2 is 2.28 bits per heavy atom. The standard InChI is InChI=1S/C13H23N5/c1-11-9-17-5-2-3-12(17)10-16(11)7-8-18-6-4-13(14)15-18/h4,6,11-12H,2-3,5,7-10H2,1H3,(H2,14,15). The van der Waals surface area contributed by atoms with Gasteiger partial charge in [-0.25, -0.2) is 0 Å². The zero-order valence-corrected chi connectivity index (χ0v) is 11.1. The fraction of sp³-hybridized carbons (Fsp3) is 0.769. The minimum absolute atomic E-state index is 0.615. The Morgan fingerprint density at radius 3 is 3.06 bits per heavy atom. The molecule has 3 heterocycles. The first-order chi connectivity index (χ1) is 8.72. The highest BCUT2D eigenvalue weighted by Crippen LogP contribution is 2.24. The molecule has 0 aromatic carbocycles. The molecule has 0 aliphatic carbocycles. The minimum Gasteiger partial charge on any atom is -0.382 e. The van der Waals surface area contributed by atoms with E-state index in [0.717, 1.165) is 19.1 Å². The maximum Gasteiger partial charge on any atom is 0.145 e. The molecule has 1 aromatic heterocycles. The minimum atomic E-state index is 0.615. The van der Waals surface area contributed by atoms with E-state index in [1.54, 1.807) is 0 Å². The molecule has 0 radical (unpaired) electrons. The zero-order valence-electron chi connectivity index (χ0n) is 11.1. The number of nitrogens with two attached hydrogens (primary N) is 1. The van der Waals surface area contributed by atoms with Gasteiger partial charge in [-0.2, -0.15) is 5.10 Å². The van der Waals surface area contributed by atoms with Crippen molar-refractivity contribution in [3.05, 3.63) is 12.3 Å². The van der Waals surface area contributed by atoms with Gasteiger partial charge in [0.2, 0.25) is 0 Å². The maximum atomic E-state index is 5.63. The molecule has 2 aliphatic heterocycles. The molecule has 2 aliphatic rings. The van der Waals surface area contributed by atoms with E-state index in [-0.39, 0.29) is 0 Å². The Balaban J connectivity index is 1.55. The molecule has 3 rings (SSSR count). The van der Waals surface area contributed by atoms with Crippen LogP contribution in [0.3, 0.4) is 0 Å². The van der Waals surface area contributed by atoms with Crippen LogP contribution in [-0.2, 0) is 6.54 Å². The summed E-state index contributed by atoms with van der Waals surface area (Å²) < 4.78 is 1.95. The average Bonchev–Trinajstić information content (AvgIpc) is 2.94. The predicted molar refractivity (Wildman–Crippen MR) is 72.3 cm³/mol. The molecule has 0 amide bonds. The molecule has 2 unspecified atom stereocenters. The molecule has 0 saturated carbocycles. The Kier molecular flexibility index (Phi) is 3.26. The average molecular weight is 249 g/mol. The summed E-state index contributed by atoms with van der Waals surface area (Å²) in [6.07, 6.45) is 4.71. The Labute approximate surface area is 109 Å². The zero-order chi connectivity index (χ0) is 12.5. The lowest BCUT2D eigenvalue weighted by Crippen LogP contribution is -2.55. The predicted octanol–water partition coefficient (Wildman–Crippen LogP) is 0.634. The second kappa shape index (κ2) is 4.90. The monoisotopic (exact) mass is 249 g/mol. The molecule has 5 heteroatoms. The number of hydrogen-bond donors (Lipinski definition) is 1. The van der Waals surface area contributed by atoms with Crippen molar-refractivity contribution in [3.8, 4) is 0 Å². The number of anilines is 1. The fourth-order valence-electron chi connectivity index (χ4n) is 3.29. The SMILES string of the molecule is CC1CN2CCCC2CN1CCn1ccc(N)n1. The summed E-state index contributed by atoms with van der Waals surface area (Å²) in [5, 5.41) is 4.24. The molecule has 2 saturated heterocycles. The van der Waals surface area contributed by atoms with E-state index in [1.807, 2.05) is 16.9 Å². The molecule has 2 fully saturated rings. The Morgan fingerprint density at radius 1 is 1.39 bits per heavy atom. The highest BCUT2D eigenvalue weighted by atomic mass is 15.3. The van der Waals surface area contributed by atoms with Crippen LogP contribution in [0, 0.1) is 0 Å². The molecular formula is C13H23N5. The Bertz CT molecular complexity index is 402. The van der Waals surface area contributed by atoms with E-state index in [9.17, 15) is 0 Å². The summed E-state index contributed by atoms with van der Waals surface area (Å²) in [5.74, 6) is 0.615. The lowest BCUT2D eigenvalue weighted by atomic mass is 10.1.